The number of rotatable bonds is 14. The zero-order valence-electron chi connectivity index (χ0n) is 22.5. The number of ether oxygens (including phenoxy) is 1. The van der Waals surface area contributed by atoms with Gasteiger partial charge >= 0.3 is 0 Å². The number of piperazine rings is 1. The van der Waals surface area contributed by atoms with Gasteiger partial charge in [-0.15, -0.1) is 0 Å². The van der Waals surface area contributed by atoms with Crippen molar-refractivity contribution in [3.63, 3.8) is 0 Å². The van der Waals surface area contributed by atoms with Gasteiger partial charge < -0.3 is 9.64 Å². The molecule has 1 aliphatic heterocycles. The summed E-state index contributed by atoms with van der Waals surface area (Å²) < 4.78 is 15.2. The lowest BCUT2D eigenvalue weighted by molar-refractivity contribution is 0.249. The van der Waals surface area contributed by atoms with Gasteiger partial charge in [0.1, 0.15) is 5.82 Å². The summed E-state index contributed by atoms with van der Waals surface area (Å²) in [5.41, 5.74) is 1.22. The molecule has 35 heavy (non-hydrogen) atoms. The number of aromatic nitrogens is 2. The minimum absolute atomic E-state index is 0.660. The molecular formula is C28H47N5OS. The molecular weight excluding hydrogens is 454 g/mol. The Balaban J connectivity index is 1.68. The maximum Gasteiger partial charge on any atom is 0.212 e. The number of anilines is 1. The summed E-state index contributed by atoms with van der Waals surface area (Å²) in [5.74, 6) is 4.82. The van der Waals surface area contributed by atoms with E-state index in [-0.39, 0.29) is 0 Å². The van der Waals surface area contributed by atoms with Crippen LogP contribution in [0.3, 0.4) is 0 Å². The van der Waals surface area contributed by atoms with Crippen LogP contribution in [-0.4, -0.2) is 65.4 Å². The summed E-state index contributed by atoms with van der Waals surface area (Å²) in [5, 5.41) is 0. The molecule has 1 N–H and O–H groups in total. The zero-order valence-corrected chi connectivity index (χ0v) is 23.3. The van der Waals surface area contributed by atoms with E-state index in [9.17, 15) is 4.78 Å². The fraction of sp³-hybridized carbons (Fsp3) is 0.643. The Labute approximate surface area is 213 Å². The van der Waals surface area contributed by atoms with Crippen molar-refractivity contribution in [1.82, 2.24) is 14.9 Å². The quantitative estimate of drug-likeness (QED) is 0.343. The normalized spacial score (nSPS) is 16.1. The molecule has 0 unspecified atom stereocenters. The summed E-state index contributed by atoms with van der Waals surface area (Å²) in [6, 6.07) is 8.50. The van der Waals surface area contributed by atoms with Crippen molar-refractivity contribution in [3.8, 4) is 5.88 Å². The standard InChI is InChI=1S/C28H47N5OS/c1-5-8-19-35(29,20-9-6-2,21-10-7-3)26-12-13-27(30-23-26)33-17-15-32(16-18-33)24-25-11-14-28(34-4)31-22-25/h11-14,22-23,29H,5-10,15-21,24H2,1-4H3. The van der Waals surface area contributed by atoms with Crippen LogP contribution >= 0.6 is 0 Å². The van der Waals surface area contributed by atoms with Gasteiger partial charge in [0.25, 0.3) is 0 Å². The Morgan fingerprint density at radius 3 is 1.91 bits per heavy atom. The second-order valence-corrected chi connectivity index (χ2v) is 14.9. The molecule has 1 fully saturated rings. The Kier molecular flexibility index (Phi) is 10.1. The molecule has 1 aliphatic rings. The molecule has 0 atom stereocenters. The van der Waals surface area contributed by atoms with Crippen LogP contribution in [0.4, 0.5) is 5.82 Å². The third-order valence-electron chi connectivity index (χ3n) is 7.42. The smallest absolute Gasteiger partial charge is 0.212 e. The minimum Gasteiger partial charge on any atom is -0.481 e. The van der Waals surface area contributed by atoms with E-state index >= 15 is 0 Å². The highest BCUT2D eigenvalue weighted by Gasteiger charge is 2.34. The molecule has 0 spiro atoms. The number of nitrogens with one attached hydrogen (secondary N) is 1. The molecule has 6 nitrogen and oxygen atoms in total. The summed E-state index contributed by atoms with van der Waals surface area (Å²) in [7, 11) is -0.767. The van der Waals surface area contributed by atoms with Crippen molar-refractivity contribution in [3.05, 3.63) is 42.2 Å². The number of pyridine rings is 2. The highest BCUT2D eigenvalue weighted by molar-refractivity contribution is 8.20. The predicted octanol–water partition coefficient (Wildman–Crippen LogP) is 6.02. The molecule has 0 aliphatic carbocycles. The fourth-order valence-electron chi connectivity index (χ4n) is 5.03. The van der Waals surface area contributed by atoms with Gasteiger partial charge in [0, 0.05) is 56.1 Å². The van der Waals surface area contributed by atoms with E-state index in [0.717, 1.165) is 94.3 Å². The fourth-order valence-corrected chi connectivity index (χ4v) is 10.1. The largest absolute Gasteiger partial charge is 0.481 e. The first-order valence-electron chi connectivity index (χ1n) is 13.5. The highest BCUT2D eigenvalue weighted by Crippen LogP contribution is 2.41. The van der Waals surface area contributed by atoms with Gasteiger partial charge in [-0.3, -0.25) is 9.68 Å². The minimum atomic E-state index is -2.41. The molecule has 2 aromatic rings. The van der Waals surface area contributed by atoms with Gasteiger partial charge in [0.2, 0.25) is 5.88 Å². The van der Waals surface area contributed by atoms with E-state index in [1.807, 2.05) is 12.3 Å². The summed E-state index contributed by atoms with van der Waals surface area (Å²) >= 11 is 0. The molecule has 0 bridgehead atoms. The average molecular weight is 502 g/mol. The summed E-state index contributed by atoms with van der Waals surface area (Å²) in [6.45, 7) is 11.6. The Hall–Kier alpha value is -1.99. The van der Waals surface area contributed by atoms with E-state index in [1.165, 1.54) is 10.5 Å². The third kappa shape index (κ3) is 7.04. The van der Waals surface area contributed by atoms with Crippen LogP contribution < -0.4 is 9.64 Å². The van der Waals surface area contributed by atoms with Crippen molar-refractivity contribution in [2.45, 2.75) is 70.7 Å². The molecule has 196 valence electrons. The first-order valence-corrected chi connectivity index (χ1v) is 16.1. The van der Waals surface area contributed by atoms with Gasteiger partial charge in [-0.2, -0.15) is 8.96 Å². The van der Waals surface area contributed by atoms with Crippen LogP contribution in [0, 0.1) is 4.78 Å². The van der Waals surface area contributed by atoms with Gasteiger partial charge in [-0.1, -0.05) is 46.1 Å². The van der Waals surface area contributed by atoms with Gasteiger partial charge in [-0.25, -0.2) is 9.97 Å². The van der Waals surface area contributed by atoms with Gasteiger partial charge in [-0.05, 0) is 54.2 Å². The predicted molar refractivity (Wildman–Crippen MR) is 150 cm³/mol. The van der Waals surface area contributed by atoms with Crippen LogP contribution in [0.1, 0.15) is 64.9 Å². The maximum absolute atomic E-state index is 10.0. The molecule has 0 amide bonds. The second-order valence-electron chi connectivity index (χ2n) is 10.1. The van der Waals surface area contributed by atoms with Crippen molar-refractivity contribution in [1.29, 1.82) is 4.78 Å². The van der Waals surface area contributed by atoms with Crippen LogP contribution in [0.25, 0.3) is 0 Å². The highest BCUT2D eigenvalue weighted by atomic mass is 32.3. The van der Waals surface area contributed by atoms with Crippen LogP contribution in [-0.2, 0) is 15.5 Å². The third-order valence-corrected chi connectivity index (χ3v) is 12.7. The SMILES string of the molecule is CCCCS(=N)(CCCC)(CCCC)c1ccc(N2CCN(Cc3ccc(OC)nc3)CC2)nc1. The van der Waals surface area contributed by atoms with Crippen LogP contribution in [0.5, 0.6) is 5.88 Å². The van der Waals surface area contributed by atoms with E-state index in [1.54, 1.807) is 7.11 Å². The van der Waals surface area contributed by atoms with Crippen molar-refractivity contribution >= 4 is 14.8 Å². The number of hydrogen-bond donors (Lipinski definition) is 1. The summed E-state index contributed by atoms with van der Waals surface area (Å²) in [4.78, 5) is 15.4. The molecule has 3 rings (SSSR count). The average Bonchev–Trinajstić information content (AvgIpc) is 2.91. The Morgan fingerprint density at radius 1 is 0.829 bits per heavy atom. The first kappa shape index (κ1) is 27.6. The lowest BCUT2D eigenvalue weighted by Crippen LogP contribution is -2.46. The van der Waals surface area contributed by atoms with Gasteiger partial charge in [0.15, 0.2) is 0 Å². The van der Waals surface area contributed by atoms with Crippen LogP contribution in [0.2, 0.25) is 0 Å². The molecule has 1 saturated heterocycles. The van der Waals surface area contributed by atoms with E-state index in [2.05, 4.69) is 60.0 Å². The van der Waals surface area contributed by atoms with E-state index < -0.39 is 8.96 Å². The maximum atomic E-state index is 10.0. The van der Waals surface area contributed by atoms with Crippen molar-refractivity contribution in [2.75, 3.05) is 55.4 Å². The number of nitrogens with zero attached hydrogens (tertiary/aromatic N) is 4. The van der Waals surface area contributed by atoms with Crippen molar-refractivity contribution < 1.29 is 4.74 Å². The topological polar surface area (TPSA) is 65.3 Å². The lowest BCUT2D eigenvalue weighted by atomic mass is 10.2. The number of hydrogen-bond acceptors (Lipinski definition) is 6. The second kappa shape index (κ2) is 12.8. The van der Waals surface area contributed by atoms with Crippen LogP contribution in [0.15, 0.2) is 41.6 Å². The molecule has 3 heterocycles. The molecule has 7 heteroatoms. The monoisotopic (exact) mass is 501 g/mol. The Morgan fingerprint density at radius 2 is 1.46 bits per heavy atom. The lowest BCUT2D eigenvalue weighted by Gasteiger charge is -2.47. The molecule has 0 saturated carbocycles. The number of methoxy groups -OCH3 is 1. The molecule has 0 aromatic carbocycles. The Bertz CT molecular complexity index is 921. The van der Waals surface area contributed by atoms with E-state index in [4.69, 9.17) is 9.72 Å². The molecule has 2 aromatic heterocycles. The zero-order chi connectivity index (χ0) is 25.2. The molecule has 0 radical (unpaired) electrons. The van der Waals surface area contributed by atoms with Gasteiger partial charge in [0.05, 0.1) is 7.11 Å². The van der Waals surface area contributed by atoms with E-state index in [0.29, 0.717) is 5.88 Å². The first-order chi connectivity index (χ1) is 16.9. The van der Waals surface area contributed by atoms with Crippen molar-refractivity contribution in [2.24, 2.45) is 0 Å². The number of unbranched alkanes of at least 4 members (excludes halogenated alkanes) is 3. The summed E-state index contributed by atoms with van der Waals surface area (Å²) in [6.07, 6.45) is 10.9.